The first kappa shape index (κ1) is 26.5. The Labute approximate surface area is 232 Å². The first-order valence-corrected chi connectivity index (χ1v) is 13.8. The van der Waals surface area contributed by atoms with Gasteiger partial charge >= 0.3 is 0 Å². The molecule has 0 spiro atoms. The lowest BCUT2D eigenvalue weighted by Crippen LogP contribution is -2.47. The zero-order valence-corrected chi connectivity index (χ0v) is 22.4. The average molecular weight is 548 g/mol. The molecule has 0 aliphatic carbocycles. The molecule has 11 nitrogen and oxygen atoms in total. The Kier molecular flexibility index (Phi) is 7.82. The Balaban J connectivity index is 1.33. The third-order valence-electron chi connectivity index (χ3n) is 7.70. The van der Waals surface area contributed by atoms with Crippen molar-refractivity contribution >= 4 is 17.4 Å². The quantitative estimate of drug-likeness (QED) is 0.334. The van der Waals surface area contributed by atoms with Crippen LogP contribution >= 0.6 is 0 Å². The molecular formula is C28H34FN9O2. The summed E-state index contributed by atoms with van der Waals surface area (Å²) in [7, 11) is 0. The Morgan fingerprint density at radius 1 is 0.775 bits per heavy atom. The average Bonchev–Trinajstić information content (AvgIpc) is 3.42. The van der Waals surface area contributed by atoms with Gasteiger partial charge in [-0.25, -0.2) is 23.9 Å². The Morgan fingerprint density at radius 3 is 2.02 bits per heavy atom. The molecule has 1 aromatic carbocycles. The predicted molar refractivity (Wildman–Crippen MR) is 151 cm³/mol. The van der Waals surface area contributed by atoms with Crippen LogP contribution in [0.4, 0.5) is 16.2 Å². The van der Waals surface area contributed by atoms with Gasteiger partial charge in [0.1, 0.15) is 11.6 Å². The molecule has 0 unspecified atom stereocenters. The molecule has 5 heterocycles. The molecular weight excluding hydrogens is 513 g/mol. The van der Waals surface area contributed by atoms with Crippen molar-refractivity contribution < 1.29 is 14.6 Å². The number of hydrogen-bond acceptors (Lipinski definition) is 10. The van der Waals surface area contributed by atoms with Crippen molar-refractivity contribution in [1.82, 2.24) is 34.4 Å². The minimum atomic E-state index is -0.334. The normalized spacial score (nSPS) is 17.2. The third kappa shape index (κ3) is 5.48. The van der Waals surface area contributed by atoms with Gasteiger partial charge in [0.2, 0.25) is 5.95 Å². The topological polar surface area (TPSA) is 109 Å². The SMILES string of the molecule is OCCN1CCN(c2cc(-c3cnc(N4CCN(CCO)CC4)nc3)c3nc(-c4ccccc4F)cn3n2)CC1. The second kappa shape index (κ2) is 11.8. The summed E-state index contributed by atoms with van der Waals surface area (Å²) in [6.45, 7) is 8.23. The summed E-state index contributed by atoms with van der Waals surface area (Å²) >= 11 is 0. The number of fused-ring (bicyclic) bond motifs is 1. The first-order chi connectivity index (χ1) is 19.6. The minimum absolute atomic E-state index is 0.149. The van der Waals surface area contributed by atoms with Gasteiger partial charge < -0.3 is 20.0 Å². The Morgan fingerprint density at radius 2 is 1.40 bits per heavy atom. The van der Waals surface area contributed by atoms with Crippen molar-refractivity contribution in [2.45, 2.75) is 0 Å². The predicted octanol–water partition coefficient (Wildman–Crippen LogP) is 1.22. The lowest BCUT2D eigenvalue weighted by molar-refractivity contribution is 0.188. The van der Waals surface area contributed by atoms with Crippen LogP contribution in [0.3, 0.4) is 0 Å². The molecule has 2 aliphatic heterocycles. The zero-order valence-electron chi connectivity index (χ0n) is 22.4. The van der Waals surface area contributed by atoms with Crippen LogP contribution in [0.15, 0.2) is 48.9 Å². The van der Waals surface area contributed by atoms with Crippen molar-refractivity contribution in [1.29, 1.82) is 0 Å². The summed E-state index contributed by atoms with van der Waals surface area (Å²) in [6, 6.07) is 8.63. The van der Waals surface area contributed by atoms with E-state index in [2.05, 4.69) is 19.6 Å². The highest BCUT2D eigenvalue weighted by Gasteiger charge is 2.23. The molecule has 12 heteroatoms. The lowest BCUT2D eigenvalue weighted by Gasteiger charge is -2.35. The number of piperazine rings is 2. The molecule has 0 atom stereocenters. The summed E-state index contributed by atoms with van der Waals surface area (Å²) < 4.78 is 16.4. The van der Waals surface area contributed by atoms with Crippen LogP contribution in [-0.4, -0.2) is 123 Å². The second-order valence-corrected chi connectivity index (χ2v) is 10.2. The molecule has 2 saturated heterocycles. The highest BCUT2D eigenvalue weighted by Crippen LogP contribution is 2.31. The van der Waals surface area contributed by atoms with Crippen LogP contribution in [0.1, 0.15) is 0 Å². The number of halogens is 1. The molecule has 0 saturated carbocycles. The van der Waals surface area contributed by atoms with Gasteiger partial charge in [0.15, 0.2) is 5.65 Å². The largest absolute Gasteiger partial charge is 0.395 e. The number of β-amino-alcohol motifs (C(OH)–C–C–N with tert-alkyl or cyclic N) is 2. The minimum Gasteiger partial charge on any atom is -0.395 e. The van der Waals surface area contributed by atoms with Crippen molar-refractivity contribution in [2.75, 3.05) is 88.5 Å². The van der Waals surface area contributed by atoms with Crippen molar-refractivity contribution in [3.05, 3.63) is 54.7 Å². The third-order valence-corrected chi connectivity index (χ3v) is 7.70. The van der Waals surface area contributed by atoms with Crippen LogP contribution in [-0.2, 0) is 0 Å². The molecule has 6 rings (SSSR count). The van der Waals surface area contributed by atoms with Gasteiger partial charge in [0.25, 0.3) is 0 Å². The molecule has 210 valence electrons. The fourth-order valence-electron chi connectivity index (χ4n) is 5.41. The van der Waals surface area contributed by atoms with Crippen LogP contribution in [0.5, 0.6) is 0 Å². The lowest BCUT2D eigenvalue weighted by atomic mass is 10.1. The molecule has 0 amide bonds. The van der Waals surface area contributed by atoms with E-state index >= 15 is 0 Å². The van der Waals surface area contributed by atoms with Gasteiger partial charge in [-0.15, -0.1) is 5.10 Å². The fraction of sp³-hybridized carbons (Fsp3) is 0.429. The summed E-state index contributed by atoms with van der Waals surface area (Å²) in [6.07, 6.45) is 5.40. The van der Waals surface area contributed by atoms with E-state index in [1.54, 1.807) is 28.9 Å². The summed E-state index contributed by atoms with van der Waals surface area (Å²) in [5.74, 6) is 1.14. The van der Waals surface area contributed by atoms with E-state index in [0.717, 1.165) is 69.3 Å². The van der Waals surface area contributed by atoms with Crippen LogP contribution in [0.2, 0.25) is 0 Å². The van der Waals surface area contributed by atoms with Crippen LogP contribution in [0, 0.1) is 5.82 Å². The van der Waals surface area contributed by atoms with E-state index in [1.807, 2.05) is 18.5 Å². The van der Waals surface area contributed by atoms with E-state index < -0.39 is 0 Å². The van der Waals surface area contributed by atoms with Gasteiger partial charge in [0, 0.05) is 94.5 Å². The molecule has 2 aliphatic rings. The number of aromatic nitrogens is 5. The Bertz CT molecular complexity index is 1430. The van der Waals surface area contributed by atoms with Crippen molar-refractivity contribution in [3.63, 3.8) is 0 Å². The Hall–Kier alpha value is -3.71. The highest BCUT2D eigenvalue weighted by atomic mass is 19.1. The van der Waals surface area contributed by atoms with Gasteiger partial charge in [-0.05, 0) is 18.2 Å². The first-order valence-electron chi connectivity index (χ1n) is 13.8. The number of aliphatic hydroxyl groups excluding tert-OH is 2. The number of rotatable bonds is 8. The van der Waals surface area contributed by atoms with Crippen LogP contribution < -0.4 is 9.80 Å². The van der Waals surface area contributed by atoms with Gasteiger partial charge in [-0.1, -0.05) is 12.1 Å². The van der Waals surface area contributed by atoms with Gasteiger partial charge in [0.05, 0.1) is 25.1 Å². The molecule has 2 N–H and O–H groups in total. The monoisotopic (exact) mass is 547 g/mol. The number of nitrogens with zero attached hydrogens (tertiary/aromatic N) is 9. The van der Waals surface area contributed by atoms with E-state index in [9.17, 15) is 14.6 Å². The van der Waals surface area contributed by atoms with E-state index in [4.69, 9.17) is 20.1 Å². The van der Waals surface area contributed by atoms with E-state index in [1.165, 1.54) is 6.07 Å². The number of anilines is 2. The number of benzene rings is 1. The fourth-order valence-corrected chi connectivity index (χ4v) is 5.41. The van der Waals surface area contributed by atoms with Gasteiger partial charge in [-0.2, -0.15) is 0 Å². The smallest absolute Gasteiger partial charge is 0.225 e. The maximum Gasteiger partial charge on any atom is 0.225 e. The van der Waals surface area contributed by atoms with Gasteiger partial charge in [-0.3, -0.25) is 9.80 Å². The second-order valence-electron chi connectivity index (χ2n) is 10.2. The van der Waals surface area contributed by atoms with Crippen molar-refractivity contribution in [2.24, 2.45) is 0 Å². The van der Waals surface area contributed by atoms with Crippen molar-refractivity contribution in [3.8, 4) is 22.4 Å². The molecule has 4 aromatic rings. The summed E-state index contributed by atoms with van der Waals surface area (Å²) in [4.78, 5) is 23.0. The van der Waals surface area contributed by atoms with E-state index in [-0.39, 0.29) is 19.0 Å². The highest BCUT2D eigenvalue weighted by molar-refractivity contribution is 5.81. The zero-order chi connectivity index (χ0) is 27.5. The standard InChI is InChI=1S/C28H34FN9O2/c29-24-4-2-1-3-22(24)25-20-38-27(32-25)23(17-26(33-38)36-9-5-34(6-10-36)13-15-39)21-18-30-28(31-19-21)37-11-7-35(8-12-37)14-16-40/h1-4,17-20,39-40H,5-16H2. The summed E-state index contributed by atoms with van der Waals surface area (Å²) in [5.41, 5.74) is 3.17. The van der Waals surface area contributed by atoms with E-state index in [0.29, 0.717) is 35.9 Å². The summed E-state index contributed by atoms with van der Waals surface area (Å²) in [5, 5.41) is 23.4. The number of imidazole rings is 1. The number of aliphatic hydroxyl groups is 2. The number of hydrogen-bond donors (Lipinski definition) is 2. The molecule has 0 bridgehead atoms. The maximum absolute atomic E-state index is 14.6. The molecule has 40 heavy (non-hydrogen) atoms. The molecule has 2 fully saturated rings. The molecule has 3 aromatic heterocycles. The molecule has 0 radical (unpaired) electrons. The van der Waals surface area contributed by atoms with Crippen LogP contribution in [0.25, 0.3) is 28.0 Å². The maximum atomic E-state index is 14.6.